The molecule has 0 amide bonds. The van der Waals surface area contributed by atoms with Crippen molar-refractivity contribution in [1.82, 2.24) is 0 Å². The normalized spacial score (nSPS) is 15.7. The van der Waals surface area contributed by atoms with Crippen LogP contribution >= 0.6 is 62.3 Å². The summed E-state index contributed by atoms with van der Waals surface area (Å²) in [5.74, 6) is 0. The van der Waals surface area contributed by atoms with Crippen molar-refractivity contribution < 1.29 is 5.11 Å². The van der Waals surface area contributed by atoms with Gasteiger partial charge >= 0.3 is 0 Å². The van der Waals surface area contributed by atoms with Crippen molar-refractivity contribution in [3.05, 3.63) is 34.3 Å². The van der Waals surface area contributed by atoms with Gasteiger partial charge in [0.05, 0.1) is 0 Å². The van der Waals surface area contributed by atoms with Crippen LogP contribution < -0.4 is 0 Å². The van der Waals surface area contributed by atoms with E-state index < -0.39 is 9.39 Å². The van der Waals surface area contributed by atoms with Crippen molar-refractivity contribution in [1.29, 1.82) is 0 Å². The van der Waals surface area contributed by atoms with E-state index in [2.05, 4.69) is 15.9 Å². The topological polar surface area (TPSA) is 20.2 Å². The number of alkyl halides is 4. The number of halogens is 5. The zero-order valence-electron chi connectivity index (χ0n) is 8.98. The Kier molecular flexibility index (Phi) is 5.47. The Morgan fingerprint density at radius 2 is 1.88 bits per heavy atom. The Balaban J connectivity index is 3.11. The van der Waals surface area contributed by atoms with Gasteiger partial charge in [-0.2, -0.15) is 0 Å². The molecule has 0 radical (unpaired) electrons. The first-order valence-corrected chi connectivity index (χ1v) is 7.43. The molecule has 1 unspecified atom stereocenters. The lowest BCUT2D eigenvalue weighted by Crippen LogP contribution is -2.32. The molecule has 0 saturated heterocycles. The molecule has 1 rings (SSSR count). The summed E-state index contributed by atoms with van der Waals surface area (Å²) in [6, 6.07) is 5.29. The number of hydrogen-bond acceptors (Lipinski definition) is 1. The maximum atomic E-state index is 10.5. The number of rotatable bonds is 3. The van der Waals surface area contributed by atoms with Crippen molar-refractivity contribution in [2.45, 2.75) is 22.7 Å². The number of aliphatic hydroxyl groups is 1. The lowest BCUT2D eigenvalue weighted by molar-refractivity contribution is 0.0556. The second-order valence-electron chi connectivity index (χ2n) is 3.92. The summed E-state index contributed by atoms with van der Waals surface area (Å²) in [5.41, 5.74) is 0.292. The quantitative estimate of drug-likeness (QED) is 0.732. The smallest absolute Gasteiger partial charge is 0.193 e. The molecule has 0 aliphatic rings. The highest BCUT2D eigenvalue weighted by molar-refractivity contribution is 9.09. The van der Waals surface area contributed by atoms with Crippen LogP contribution in [0.3, 0.4) is 0 Å². The summed E-state index contributed by atoms with van der Waals surface area (Å²) in [6.07, 6.45) is -0.0185. The van der Waals surface area contributed by atoms with Crippen LogP contribution in [0.25, 0.3) is 0 Å². The van der Waals surface area contributed by atoms with E-state index in [1.165, 1.54) is 0 Å². The largest absolute Gasteiger partial charge is 0.384 e. The first-order valence-electron chi connectivity index (χ1n) is 4.80. The minimum Gasteiger partial charge on any atom is -0.384 e. The van der Waals surface area contributed by atoms with Crippen LogP contribution in [0.1, 0.15) is 17.5 Å². The van der Waals surface area contributed by atoms with Crippen LogP contribution in [0, 0.1) is 6.92 Å². The fourth-order valence-electron chi connectivity index (χ4n) is 1.44. The highest BCUT2D eigenvalue weighted by Gasteiger charge is 2.37. The minimum atomic E-state index is -1.53. The van der Waals surface area contributed by atoms with Gasteiger partial charge in [0.15, 0.2) is 3.79 Å². The van der Waals surface area contributed by atoms with Gasteiger partial charge in [0.2, 0.25) is 0 Å². The third-order valence-corrected chi connectivity index (χ3v) is 4.16. The van der Waals surface area contributed by atoms with Gasteiger partial charge in [-0.1, -0.05) is 74.5 Å². The molecule has 0 aliphatic heterocycles. The summed E-state index contributed by atoms with van der Waals surface area (Å²) in [4.78, 5) is 0. The maximum absolute atomic E-state index is 10.5. The van der Waals surface area contributed by atoms with Gasteiger partial charge in [-0.3, -0.25) is 0 Å². The molecule has 17 heavy (non-hydrogen) atoms. The van der Waals surface area contributed by atoms with Gasteiger partial charge in [-0.15, -0.1) is 0 Å². The number of benzene rings is 1. The fourth-order valence-corrected chi connectivity index (χ4v) is 2.81. The Morgan fingerprint density at radius 1 is 1.29 bits per heavy atom. The molecular weight excluding hydrogens is 370 g/mol. The van der Waals surface area contributed by atoms with Gasteiger partial charge in [0, 0.05) is 16.8 Å². The first kappa shape index (κ1) is 15.9. The summed E-state index contributed by atoms with van der Waals surface area (Å²) >= 11 is 26.5. The van der Waals surface area contributed by atoms with Gasteiger partial charge in [-0.05, 0) is 24.1 Å². The molecule has 1 aromatic carbocycles. The molecule has 1 N–H and O–H groups in total. The standard InChI is InChI=1S/C11H11BrCl4O/c1-7-2-3-8(4-9(7)13)10(17,6-12)5-11(14,15)16/h2-4,17H,5-6H2,1H3. The Bertz CT molecular complexity index is 405. The minimum absolute atomic E-state index is 0.0185. The summed E-state index contributed by atoms with van der Waals surface area (Å²) in [5, 5.41) is 11.3. The van der Waals surface area contributed by atoms with Crippen LogP contribution in [0.4, 0.5) is 0 Å². The average molecular weight is 381 g/mol. The van der Waals surface area contributed by atoms with Gasteiger partial charge < -0.3 is 5.11 Å². The second kappa shape index (κ2) is 5.85. The summed E-state index contributed by atoms with van der Waals surface area (Å²) in [6.45, 7) is 1.88. The fraction of sp³-hybridized carbons (Fsp3) is 0.455. The van der Waals surface area contributed by atoms with E-state index in [0.717, 1.165) is 5.56 Å². The molecule has 1 atom stereocenters. The number of aryl methyl sites for hydroxylation is 1. The Labute approximate surface area is 129 Å². The number of hydrogen-bond donors (Lipinski definition) is 1. The Hall–Kier alpha value is 0.820. The third-order valence-electron chi connectivity index (χ3n) is 2.42. The van der Waals surface area contributed by atoms with Crippen LogP contribution in [0.2, 0.25) is 5.02 Å². The van der Waals surface area contributed by atoms with E-state index in [0.29, 0.717) is 10.6 Å². The molecule has 1 nitrogen and oxygen atoms in total. The lowest BCUT2D eigenvalue weighted by Gasteiger charge is -2.30. The van der Waals surface area contributed by atoms with Crippen LogP contribution in [0.15, 0.2) is 18.2 Å². The molecule has 0 aliphatic carbocycles. The maximum Gasteiger partial charge on any atom is 0.193 e. The van der Waals surface area contributed by atoms with E-state index in [4.69, 9.17) is 46.4 Å². The molecule has 0 spiro atoms. The van der Waals surface area contributed by atoms with Crippen molar-refractivity contribution in [2.24, 2.45) is 0 Å². The third kappa shape index (κ3) is 4.45. The SMILES string of the molecule is Cc1ccc(C(O)(CBr)CC(Cl)(Cl)Cl)cc1Cl. The molecular formula is C11H11BrCl4O. The highest BCUT2D eigenvalue weighted by atomic mass is 79.9. The molecule has 0 aromatic heterocycles. The van der Waals surface area contributed by atoms with E-state index >= 15 is 0 Å². The molecule has 6 heteroatoms. The zero-order chi connectivity index (χ0) is 13.3. The van der Waals surface area contributed by atoms with Crippen molar-refractivity contribution in [2.75, 3.05) is 5.33 Å². The molecule has 96 valence electrons. The average Bonchev–Trinajstić information content (AvgIpc) is 2.19. The van der Waals surface area contributed by atoms with E-state index in [1.807, 2.05) is 13.0 Å². The van der Waals surface area contributed by atoms with Crippen LogP contribution in [0.5, 0.6) is 0 Å². The van der Waals surface area contributed by atoms with Gasteiger partial charge in [0.1, 0.15) is 5.60 Å². The first-order chi connectivity index (χ1) is 7.68. The van der Waals surface area contributed by atoms with E-state index in [9.17, 15) is 5.11 Å². The van der Waals surface area contributed by atoms with Crippen molar-refractivity contribution in [3.8, 4) is 0 Å². The molecule has 0 bridgehead atoms. The molecule has 0 fully saturated rings. The van der Waals surface area contributed by atoms with Gasteiger partial charge in [0.25, 0.3) is 0 Å². The van der Waals surface area contributed by atoms with Crippen LogP contribution in [-0.4, -0.2) is 14.2 Å². The Morgan fingerprint density at radius 3 is 2.29 bits per heavy atom. The van der Waals surface area contributed by atoms with E-state index in [-0.39, 0.29) is 11.8 Å². The van der Waals surface area contributed by atoms with Gasteiger partial charge in [-0.25, -0.2) is 0 Å². The molecule has 1 aromatic rings. The molecule has 0 saturated carbocycles. The van der Waals surface area contributed by atoms with Crippen molar-refractivity contribution in [3.63, 3.8) is 0 Å². The monoisotopic (exact) mass is 378 g/mol. The van der Waals surface area contributed by atoms with Crippen molar-refractivity contribution >= 4 is 62.3 Å². The highest BCUT2D eigenvalue weighted by Crippen LogP contribution is 2.41. The lowest BCUT2D eigenvalue weighted by atomic mass is 9.92. The zero-order valence-corrected chi connectivity index (χ0v) is 13.6. The van der Waals surface area contributed by atoms with E-state index in [1.54, 1.807) is 12.1 Å². The summed E-state index contributed by atoms with van der Waals surface area (Å²) in [7, 11) is 0. The molecule has 0 heterocycles. The second-order valence-corrected chi connectivity index (χ2v) is 7.41. The predicted octanol–water partition coefficient (Wildman–Crippen LogP) is 4.99. The van der Waals surface area contributed by atoms with Crippen LogP contribution in [-0.2, 0) is 5.60 Å². The predicted molar refractivity (Wildman–Crippen MR) is 78.8 cm³/mol. The summed E-state index contributed by atoms with van der Waals surface area (Å²) < 4.78 is -1.53.